The van der Waals surface area contributed by atoms with E-state index in [2.05, 4.69) is 10.4 Å². The fourth-order valence-electron chi connectivity index (χ4n) is 4.26. The molecule has 3 aliphatic heterocycles. The van der Waals surface area contributed by atoms with E-state index in [4.69, 9.17) is 19.4 Å². The highest BCUT2D eigenvalue weighted by Gasteiger charge is 2.46. The molecular weight excluding hydrogens is 380 g/mol. The number of aryl methyl sites for hydroxylation is 1. The Kier molecular flexibility index (Phi) is 6.86. The molecule has 0 saturated carbocycles. The molecule has 29 heavy (non-hydrogen) atoms. The lowest BCUT2D eigenvalue weighted by Crippen LogP contribution is -2.50. The van der Waals surface area contributed by atoms with Gasteiger partial charge in [-0.05, 0) is 25.7 Å². The number of amides is 2. The molecular formula is C19H28N4O6. The predicted molar refractivity (Wildman–Crippen MR) is 101 cm³/mol. The Hall–Kier alpha value is -2.46. The van der Waals surface area contributed by atoms with Crippen LogP contribution in [0.25, 0.3) is 0 Å². The Labute approximate surface area is 169 Å². The molecule has 1 aromatic heterocycles. The van der Waals surface area contributed by atoms with Crippen molar-refractivity contribution in [1.29, 1.82) is 0 Å². The molecule has 0 bridgehead atoms. The topological polar surface area (TPSA) is 123 Å². The third-order valence-electron chi connectivity index (χ3n) is 5.70. The van der Waals surface area contributed by atoms with E-state index in [1.165, 1.54) is 0 Å². The van der Waals surface area contributed by atoms with Crippen LogP contribution >= 0.6 is 0 Å². The highest BCUT2D eigenvalue weighted by molar-refractivity contribution is 5.93. The van der Waals surface area contributed by atoms with Crippen molar-refractivity contribution in [2.45, 2.75) is 37.3 Å². The zero-order valence-electron chi connectivity index (χ0n) is 16.6. The second-order valence-corrected chi connectivity index (χ2v) is 7.77. The monoisotopic (exact) mass is 408 g/mol. The Morgan fingerprint density at radius 3 is 2.83 bits per heavy atom. The maximum absolute atomic E-state index is 12.6. The first-order valence-electron chi connectivity index (χ1n) is 9.84. The average Bonchev–Trinajstić information content (AvgIpc) is 3.43. The fourth-order valence-corrected chi connectivity index (χ4v) is 4.26. The molecule has 1 aromatic rings. The first-order chi connectivity index (χ1) is 14.0. The van der Waals surface area contributed by atoms with Gasteiger partial charge in [-0.3, -0.25) is 19.1 Å². The number of nitrogens with zero attached hydrogens (tertiary/aromatic N) is 3. The number of aromatic nitrogens is 2. The second kappa shape index (κ2) is 9.36. The number of hydrogen-bond acceptors (Lipinski definition) is 6. The van der Waals surface area contributed by atoms with E-state index < -0.39 is 0 Å². The normalized spacial score (nSPS) is 28.7. The molecule has 10 heteroatoms. The number of carboxylic acid groups (broad SMARTS) is 1. The predicted octanol–water partition coefficient (Wildman–Crippen LogP) is 0.0373. The van der Waals surface area contributed by atoms with Crippen LogP contribution in [0.15, 0.2) is 12.4 Å². The molecule has 2 amide bonds. The van der Waals surface area contributed by atoms with Gasteiger partial charge in [0.15, 0.2) is 0 Å². The van der Waals surface area contributed by atoms with Crippen LogP contribution in [0.4, 0.5) is 0 Å². The zero-order chi connectivity index (χ0) is 20.9. The van der Waals surface area contributed by atoms with E-state index in [0.717, 1.165) is 32.2 Å². The molecule has 0 aromatic carbocycles. The molecule has 3 fully saturated rings. The van der Waals surface area contributed by atoms with Crippen molar-refractivity contribution in [3.05, 3.63) is 18.0 Å². The summed E-state index contributed by atoms with van der Waals surface area (Å²) in [6.45, 7) is 2.90. The van der Waals surface area contributed by atoms with Gasteiger partial charge in [0.2, 0.25) is 5.91 Å². The molecule has 4 rings (SSSR count). The highest BCUT2D eigenvalue weighted by Crippen LogP contribution is 2.35. The van der Waals surface area contributed by atoms with Gasteiger partial charge in [0.1, 0.15) is 0 Å². The number of ether oxygens (including phenoxy) is 2. The molecule has 1 spiro atoms. The molecule has 160 valence electrons. The molecule has 0 aliphatic carbocycles. The lowest BCUT2D eigenvalue weighted by molar-refractivity contribution is -0.137. The Bertz CT molecular complexity index is 732. The summed E-state index contributed by atoms with van der Waals surface area (Å²) in [7, 11) is 1.79. The minimum Gasteiger partial charge on any atom is -0.483 e. The van der Waals surface area contributed by atoms with Crippen LogP contribution in [0.1, 0.15) is 36.0 Å². The Morgan fingerprint density at radius 2 is 2.17 bits per heavy atom. The maximum Gasteiger partial charge on any atom is 0.290 e. The summed E-state index contributed by atoms with van der Waals surface area (Å²) in [5.74, 6) is 0.0773. The van der Waals surface area contributed by atoms with Crippen molar-refractivity contribution in [2.24, 2.45) is 13.0 Å². The largest absolute Gasteiger partial charge is 0.483 e. The maximum atomic E-state index is 12.6. The van der Waals surface area contributed by atoms with Gasteiger partial charge >= 0.3 is 0 Å². The van der Waals surface area contributed by atoms with Gasteiger partial charge in [-0.15, -0.1) is 0 Å². The first kappa shape index (κ1) is 21.3. The number of likely N-dealkylation sites (tertiary alicyclic amines) is 1. The van der Waals surface area contributed by atoms with Crippen LogP contribution in [0.5, 0.6) is 0 Å². The van der Waals surface area contributed by atoms with Crippen molar-refractivity contribution in [3.63, 3.8) is 0 Å². The van der Waals surface area contributed by atoms with Crippen LogP contribution in [0.2, 0.25) is 0 Å². The molecule has 10 nitrogen and oxygen atoms in total. The van der Waals surface area contributed by atoms with Gasteiger partial charge in [0, 0.05) is 45.6 Å². The van der Waals surface area contributed by atoms with Gasteiger partial charge in [-0.25, -0.2) is 0 Å². The molecule has 1 unspecified atom stereocenters. The third-order valence-corrected chi connectivity index (χ3v) is 5.70. The van der Waals surface area contributed by atoms with Gasteiger partial charge in [-0.1, -0.05) is 0 Å². The summed E-state index contributed by atoms with van der Waals surface area (Å²) in [6.07, 6.45) is 6.45. The van der Waals surface area contributed by atoms with Crippen molar-refractivity contribution in [1.82, 2.24) is 20.0 Å². The summed E-state index contributed by atoms with van der Waals surface area (Å²) in [4.78, 5) is 35.3. The second-order valence-electron chi connectivity index (χ2n) is 7.77. The van der Waals surface area contributed by atoms with Crippen LogP contribution in [-0.2, 0) is 26.1 Å². The quantitative estimate of drug-likeness (QED) is 0.677. The number of carbonyl (C=O) groups is 3. The van der Waals surface area contributed by atoms with E-state index in [1.807, 2.05) is 4.90 Å². The molecule has 3 aliphatic rings. The van der Waals surface area contributed by atoms with Gasteiger partial charge in [0.25, 0.3) is 12.4 Å². The number of rotatable bonds is 3. The minimum absolute atomic E-state index is 0.00480. The minimum atomic E-state index is -0.333. The van der Waals surface area contributed by atoms with Crippen LogP contribution < -0.4 is 5.32 Å². The molecule has 0 radical (unpaired) electrons. The molecule has 3 atom stereocenters. The van der Waals surface area contributed by atoms with Gasteiger partial charge in [-0.2, -0.15) is 5.10 Å². The van der Waals surface area contributed by atoms with Crippen molar-refractivity contribution >= 4 is 18.3 Å². The Morgan fingerprint density at radius 1 is 1.38 bits per heavy atom. The van der Waals surface area contributed by atoms with Crippen molar-refractivity contribution in [3.8, 4) is 0 Å². The smallest absolute Gasteiger partial charge is 0.290 e. The SMILES string of the molecule is Cn1cc(C(=O)N[C@@H]2CCO[C@]3(CCN(C(=O)C4CCOC4)C3)C2)cn1.O=CO. The van der Waals surface area contributed by atoms with Gasteiger partial charge in [0.05, 0.1) is 29.9 Å². The first-order valence-corrected chi connectivity index (χ1v) is 9.84. The Balaban J connectivity index is 0.000000755. The summed E-state index contributed by atoms with van der Waals surface area (Å²) >= 11 is 0. The van der Waals surface area contributed by atoms with E-state index in [0.29, 0.717) is 31.9 Å². The fraction of sp³-hybridized carbons (Fsp3) is 0.684. The van der Waals surface area contributed by atoms with Gasteiger partial charge < -0.3 is 24.8 Å². The molecule has 2 N–H and O–H groups in total. The van der Waals surface area contributed by atoms with Crippen LogP contribution in [0.3, 0.4) is 0 Å². The number of carbonyl (C=O) groups excluding carboxylic acids is 2. The summed E-state index contributed by atoms with van der Waals surface area (Å²) < 4.78 is 13.1. The lowest BCUT2D eigenvalue weighted by Gasteiger charge is -2.38. The summed E-state index contributed by atoms with van der Waals surface area (Å²) in [6, 6.07) is 0.0568. The lowest BCUT2D eigenvalue weighted by atomic mass is 9.89. The standard InChI is InChI=1S/C18H26N4O4.CH2O2/c1-21-10-14(9-19-21)16(23)20-15-3-7-26-18(8-15)4-5-22(12-18)17(24)13-2-6-25-11-13;2-1-3/h9-10,13,15H,2-8,11-12H2,1H3,(H,20,23);1H,(H,2,3)/t13?,15-,18-;/m1./s1. The zero-order valence-corrected chi connectivity index (χ0v) is 16.6. The summed E-state index contributed by atoms with van der Waals surface area (Å²) in [5, 5.41) is 14.0. The van der Waals surface area contributed by atoms with Crippen LogP contribution in [0, 0.1) is 5.92 Å². The van der Waals surface area contributed by atoms with E-state index in [-0.39, 0.29) is 35.8 Å². The number of nitrogens with one attached hydrogen (secondary N) is 1. The van der Waals surface area contributed by atoms with E-state index in [9.17, 15) is 9.59 Å². The molecule has 3 saturated heterocycles. The summed E-state index contributed by atoms with van der Waals surface area (Å²) in [5.41, 5.74) is 0.234. The van der Waals surface area contributed by atoms with E-state index in [1.54, 1.807) is 24.1 Å². The van der Waals surface area contributed by atoms with Crippen LogP contribution in [-0.4, -0.2) is 82.6 Å². The van der Waals surface area contributed by atoms with E-state index >= 15 is 0 Å². The van der Waals surface area contributed by atoms with Crippen molar-refractivity contribution in [2.75, 3.05) is 32.9 Å². The third kappa shape index (κ3) is 5.13. The molecule has 4 heterocycles. The van der Waals surface area contributed by atoms with Crippen molar-refractivity contribution < 1.29 is 29.0 Å². The number of hydrogen-bond donors (Lipinski definition) is 2. The average molecular weight is 408 g/mol. The highest BCUT2D eigenvalue weighted by atomic mass is 16.5.